The van der Waals surface area contributed by atoms with Crippen LogP contribution in [0.25, 0.3) is 6.08 Å². The van der Waals surface area contributed by atoms with Crippen molar-refractivity contribution in [3.63, 3.8) is 0 Å². The summed E-state index contributed by atoms with van der Waals surface area (Å²) < 4.78 is 12.7. The number of halogens is 1. The van der Waals surface area contributed by atoms with E-state index in [2.05, 4.69) is 5.32 Å². The molecular weight excluding hydrogens is 253 g/mol. The molecule has 2 aromatic carbocycles. The summed E-state index contributed by atoms with van der Waals surface area (Å²) in [5.74, 6) is -0.449. The van der Waals surface area contributed by atoms with Crippen LogP contribution in [0.3, 0.4) is 0 Å². The third kappa shape index (κ3) is 4.35. The normalized spacial score (nSPS) is 10.7. The van der Waals surface area contributed by atoms with Gasteiger partial charge in [0.1, 0.15) is 5.82 Å². The molecule has 0 bridgehead atoms. The number of benzene rings is 2. The second kappa shape index (κ2) is 6.66. The van der Waals surface area contributed by atoms with Gasteiger partial charge in [0.15, 0.2) is 0 Å². The van der Waals surface area contributed by atoms with Gasteiger partial charge in [-0.05, 0) is 36.3 Å². The summed E-state index contributed by atoms with van der Waals surface area (Å²) in [6, 6.07) is 14.0. The summed E-state index contributed by atoms with van der Waals surface area (Å²) in [6.07, 6.45) is 3.27. The molecule has 1 amide bonds. The number of nitrogens with one attached hydrogen (secondary N) is 1. The Bertz CT molecular complexity index is 617. The number of hydrogen-bond donors (Lipinski definition) is 1. The summed E-state index contributed by atoms with van der Waals surface area (Å²) in [5, 5.41) is 2.76. The Morgan fingerprint density at radius 1 is 1.20 bits per heavy atom. The first-order chi connectivity index (χ1) is 9.63. The van der Waals surface area contributed by atoms with E-state index >= 15 is 0 Å². The van der Waals surface area contributed by atoms with Crippen LogP contribution >= 0.6 is 0 Å². The van der Waals surface area contributed by atoms with E-state index in [-0.39, 0.29) is 11.7 Å². The minimum atomic E-state index is -0.278. The Morgan fingerprint density at radius 3 is 2.65 bits per heavy atom. The van der Waals surface area contributed by atoms with Crippen LogP contribution in [0.4, 0.5) is 4.39 Å². The van der Waals surface area contributed by atoms with Crippen molar-refractivity contribution in [3.05, 3.63) is 77.1 Å². The van der Waals surface area contributed by atoms with Crippen molar-refractivity contribution in [1.29, 1.82) is 0 Å². The molecule has 20 heavy (non-hydrogen) atoms. The van der Waals surface area contributed by atoms with E-state index < -0.39 is 0 Å². The average molecular weight is 269 g/mol. The fourth-order valence-corrected chi connectivity index (χ4v) is 1.80. The summed E-state index contributed by atoms with van der Waals surface area (Å²) in [6.45, 7) is 2.39. The Kier molecular flexibility index (Phi) is 4.66. The van der Waals surface area contributed by atoms with Crippen LogP contribution in [0.15, 0.2) is 54.6 Å². The average Bonchev–Trinajstić information content (AvgIpc) is 2.45. The lowest BCUT2D eigenvalue weighted by Crippen LogP contribution is -2.20. The Hall–Kier alpha value is -2.42. The fourth-order valence-electron chi connectivity index (χ4n) is 1.80. The van der Waals surface area contributed by atoms with Crippen molar-refractivity contribution >= 4 is 12.0 Å². The maximum Gasteiger partial charge on any atom is 0.244 e. The summed E-state index contributed by atoms with van der Waals surface area (Å²) >= 11 is 0. The molecule has 0 radical (unpaired) electrons. The lowest BCUT2D eigenvalue weighted by atomic mass is 10.1. The highest BCUT2D eigenvalue weighted by atomic mass is 19.1. The van der Waals surface area contributed by atoms with E-state index in [4.69, 9.17) is 0 Å². The summed E-state index contributed by atoms with van der Waals surface area (Å²) in [4.78, 5) is 11.7. The monoisotopic (exact) mass is 269 g/mol. The topological polar surface area (TPSA) is 29.1 Å². The largest absolute Gasteiger partial charge is 0.348 e. The van der Waals surface area contributed by atoms with Crippen LogP contribution in [0.5, 0.6) is 0 Å². The molecule has 0 fully saturated rings. The lowest BCUT2D eigenvalue weighted by molar-refractivity contribution is -0.116. The van der Waals surface area contributed by atoms with Gasteiger partial charge in [0.2, 0.25) is 5.91 Å². The highest BCUT2D eigenvalue weighted by Gasteiger charge is 1.97. The standard InChI is InChI=1S/C17H16FNO/c1-13-3-2-4-14(11-13)7-10-17(20)19-12-15-5-8-16(18)9-6-15/h2-11H,12H2,1H3,(H,19,20). The fraction of sp³-hybridized carbons (Fsp3) is 0.118. The number of aryl methyl sites for hydroxylation is 1. The van der Waals surface area contributed by atoms with Gasteiger partial charge in [0, 0.05) is 12.6 Å². The quantitative estimate of drug-likeness (QED) is 0.846. The first kappa shape index (κ1) is 14.0. The predicted molar refractivity (Wildman–Crippen MR) is 78.5 cm³/mol. The maximum absolute atomic E-state index is 12.7. The SMILES string of the molecule is Cc1cccc(C=CC(=O)NCc2ccc(F)cc2)c1. The van der Waals surface area contributed by atoms with Crippen LogP contribution in [0.2, 0.25) is 0 Å². The van der Waals surface area contributed by atoms with E-state index in [1.54, 1.807) is 18.2 Å². The molecule has 0 aliphatic carbocycles. The van der Waals surface area contributed by atoms with Crippen molar-refractivity contribution in [2.24, 2.45) is 0 Å². The van der Waals surface area contributed by atoms with Crippen LogP contribution in [0.1, 0.15) is 16.7 Å². The van der Waals surface area contributed by atoms with Crippen molar-refractivity contribution in [2.45, 2.75) is 13.5 Å². The molecule has 0 saturated heterocycles. The van der Waals surface area contributed by atoms with Gasteiger partial charge < -0.3 is 5.32 Å². The molecule has 0 aromatic heterocycles. The Balaban J connectivity index is 1.88. The minimum Gasteiger partial charge on any atom is -0.348 e. The number of hydrogen-bond acceptors (Lipinski definition) is 1. The van der Waals surface area contributed by atoms with Crippen molar-refractivity contribution in [3.8, 4) is 0 Å². The molecule has 2 aromatic rings. The third-order valence-corrected chi connectivity index (χ3v) is 2.85. The van der Waals surface area contributed by atoms with E-state index in [0.29, 0.717) is 6.54 Å². The van der Waals surface area contributed by atoms with Crippen LogP contribution < -0.4 is 5.32 Å². The molecule has 0 heterocycles. The molecule has 0 aliphatic rings. The molecule has 2 rings (SSSR count). The number of amides is 1. The number of rotatable bonds is 4. The van der Waals surface area contributed by atoms with E-state index in [9.17, 15) is 9.18 Å². The Morgan fingerprint density at radius 2 is 1.95 bits per heavy atom. The maximum atomic E-state index is 12.7. The molecule has 2 nitrogen and oxygen atoms in total. The van der Waals surface area contributed by atoms with Gasteiger partial charge in [-0.1, -0.05) is 42.0 Å². The zero-order valence-electron chi connectivity index (χ0n) is 11.3. The van der Waals surface area contributed by atoms with E-state index in [1.165, 1.54) is 18.2 Å². The van der Waals surface area contributed by atoms with Gasteiger partial charge in [-0.15, -0.1) is 0 Å². The lowest BCUT2D eigenvalue weighted by Gasteiger charge is -2.02. The Labute approximate surface area is 118 Å². The molecule has 3 heteroatoms. The number of carbonyl (C=O) groups excluding carboxylic acids is 1. The molecule has 0 unspecified atom stereocenters. The predicted octanol–water partition coefficient (Wildman–Crippen LogP) is 3.46. The van der Waals surface area contributed by atoms with Gasteiger partial charge >= 0.3 is 0 Å². The van der Waals surface area contributed by atoms with Crippen molar-refractivity contribution in [1.82, 2.24) is 5.32 Å². The minimum absolute atomic E-state index is 0.171. The first-order valence-corrected chi connectivity index (χ1v) is 6.40. The van der Waals surface area contributed by atoms with Gasteiger partial charge in [-0.2, -0.15) is 0 Å². The second-order valence-electron chi connectivity index (χ2n) is 4.59. The van der Waals surface area contributed by atoms with Gasteiger partial charge in [-0.25, -0.2) is 4.39 Å². The van der Waals surface area contributed by atoms with Gasteiger partial charge in [0.05, 0.1) is 0 Å². The summed E-state index contributed by atoms with van der Waals surface area (Å²) in [5.41, 5.74) is 3.00. The van der Waals surface area contributed by atoms with Crippen molar-refractivity contribution < 1.29 is 9.18 Å². The molecule has 0 aliphatic heterocycles. The zero-order chi connectivity index (χ0) is 14.4. The van der Waals surface area contributed by atoms with Crippen molar-refractivity contribution in [2.75, 3.05) is 0 Å². The van der Waals surface area contributed by atoms with E-state index in [1.807, 2.05) is 31.2 Å². The zero-order valence-corrected chi connectivity index (χ0v) is 11.3. The molecule has 0 spiro atoms. The summed E-state index contributed by atoms with van der Waals surface area (Å²) in [7, 11) is 0. The van der Waals surface area contributed by atoms with Crippen LogP contribution in [-0.4, -0.2) is 5.91 Å². The molecule has 102 valence electrons. The first-order valence-electron chi connectivity index (χ1n) is 6.40. The second-order valence-corrected chi connectivity index (χ2v) is 4.59. The number of carbonyl (C=O) groups is 1. The van der Waals surface area contributed by atoms with Gasteiger partial charge in [0.25, 0.3) is 0 Å². The highest BCUT2D eigenvalue weighted by Crippen LogP contribution is 2.06. The van der Waals surface area contributed by atoms with Gasteiger partial charge in [-0.3, -0.25) is 4.79 Å². The van der Waals surface area contributed by atoms with Crippen LogP contribution in [-0.2, 0) is 11.3 Å². The van der Waals surface area contributed by atoms with E-state index in [0.717, 1.165) is 16.7 Å². The molecular formula is C17H16FNO. The molecule has 1 N–H and O–H groups in total. The highest BCUT2D eigenvalue weighted by molar-refractivity contribution is 5.91. The molecule has 0 atom stereocenters. The smallest absolute Gasteiger partial charge is 0.244 e. The third-order valence-electron chi connectivity index (χ3n) is 2.85. The van der Waals surface area contributed by atoms with Crippen LogP contribution in [0, 0.1) is 12.7 Å². The molecule has 0 saturated carbocycles.